The first-order valence-electron chi connectivity index (χ1n) is 9.52. The van der Waals surface area contributed by atoms with Crippen molar-refractivity contribution >= 4 is 11.5 Å². The van der Waals surface area contributed by atoms with Crippen molar-refractivity contribution in [2.75, 3.05) is 31.1 Å². The number of hydrogen-bond donors (Lipinski definition) is 0. The number of nitro groups is 1. The van der Waals surface area contributed by atoms with E-state index in [-0.39, 0.29) is 16.7 Å². The second-order valence-electron chi connectivity index (χ2n) is 7.12. The monoisotopic (exact) mass is 394 g/mol. The minimum atomic E-state index is -0.387. The summed E-state index contributed by atoms with van der Waals surface area (Å²) in [5, 5.41) is 15.4. The maximum absolute atomic E-state index is 11.3. The zero-order chi connectivity index (χ0) is 20.4. The van der Waals surface area contributed by atoms with Gasteiger partial charge in [0.15, 0.2) is 0 Å². The Kier molecular flexibility index (Phi) is 5.22. The van der Waals surface area contributed by atoms with Gasteiger partial charge in [0.05, 0.1) is 11.0 Å². The van der Waals surface area contributed by atoms with Crippen LogP contribution in [-0.4, -0.2) is 51.1 Å². The van der Waals surface area contributed by atoms with Crippen LogP contribution in [0.3, 0.4) is 0 Å². The van der Waals surface area contributed by atoms with E-state index in [0.29, 0.717) is 30.6 Å². The van der Waals surface area contributed by atoms with E-state index in [9.17, 15) is 10.1 Å². The lowest BCUT2D eigenvalue weighted by Gasteiger charge is -2.37. The third-order valence-electron chi connectivity index (χ3n) is 5.23. The summed E-state index contributed by atoms with van der Waals surface area (Å²) in [5.74, 6) is 1.57. The molecule has 29 heavy (non-hydrogen) atoms. The summed E-state index contributed by atoms with van der Waals surface area (Å²) in [6.07, 6.45) is 1.59. The minimum absolute atomic E-state index is 0.0358. The van der Waals surface area contributed by atoms with Gasteiger partial charge in [-0.1, -0.05) is 35.0 Å². The molecule has 1 fully saturated rings. The van der Waals surface area contributed by atoms with Crippen LogP contribution in [0.25, 0.3) is 11.4 Å². The Morgan fingerprint density at radius 1 is 1.14 bits per heavy atom. The molecule has 9 nitrogen and oxygen atoms in total. The van der Waals surface area contributed by atoms with Crippen molar-refractivity contribution in [2.24, 2.45) is 0 Å². The number of aryl methyl sites for hydroxylation is 1. The second-order valence-corrected chi connectivity index (χ2v) is 7.12. The topological polar surface area (TPSA) is 101 Å². The van der Waals surface area contributed by atoms with Gasteiger partial charge in [0.2, 0.25) is 17.5 Å². The van der Waals surface area contributed by atoms with Crippen LogP contribution in [0.2, 0.25) is 0 Å². The molecular weight excluding hydrogens is 372 g/mol. The zero-order valence-corrected chi connectivity index (χ0v) is 16.4. The number of hydrogen-bond acceptors (Lipinski definition) is 8. The Labute approximate surface area is 168 Å². The third-order valence-corrected chi connectivity index (χ3v) is 5.23. The number of anilines is 1. The summed E-state index contributed by atoms with van der Waals surface area (Å²) in [5.41, 5.74) is 2.13. The van der Waals surface area contributed by atoms with Crippen molar-refractivity contribution in [3.05, 3.63) is 64.2 Å². The zero-order valence-electron chi connectivity index (χ0n) is 16.4. The number of nitrogens with zero attached hydrogens (tertiary/aromatic N) is 6. The first-order chi connectivity index (χ1) is 14.0. The lowest BCUT2D eigenvalue weighted by molar-refractivity contribution is -0.384. The van der Waals surface area contributed by atoms with Gasteiger partial charge in [-0.05, 0) is 19.9 Å². The smallest absolute Gasteiger partial charge is 0.311 e. The highest BCUT2D eigenvalue weighted by molar-refractivity contribution is 5.57. The summed E-state index contributed by atoms with van der Waals surface area (Å²) in [6, 6.07) is 11.0. The van der Waals surface area contributed by atoms with E-state index in [2.05, 4.69) is 20.0 Å². The van der Waals surface area contributed by atoms with Crippen molar-refractivity contribution < 1.29 is 9.45 Å². The first-order valence-corrected chi connectivity index (χ1v) is 9.52. The standard InChI is InChI=1S/C20H22N6O3/c1-14-5-7-16(8-6-14)18-22-20(29-23-18)15(2)24-10-12-25(13-11-24)19-17(26(27)28)4-3-9-21-19/h3-9,15H,10-13H2,1-2H3. The molecule has 4 rings (SSSR count). The predicted octanol–water partition coefficient (Wildman–Crippen LogP) is 3.23. The molecule has 1 atom stereocenters. The van der Waals surface area contributed by atoms with Gasteiger partial charge >= 0.3 is 5.69 Å². The van der Waals surface area contributed by atoms with Crippen molar-refractivity contribution in [3.63, 3.8) is 0 Å². The second kappa shape index (κ2) is 7.96. The average molecular weight is 394 g/mol. The summed E-state index contributed by atoms with van der Waals surface area (Å²) in [7, 11) is 0. The summed E-state index contributed by atoms with van der Waals surface area (Å²) in [4.78, 5) is 23.8. The lowest BCUT2D eigenvalue weighted by atomic mass is 10.1. The molecule has 0 amide bonds. The fraction of sp³-hybridized carbons (Fsp3) is 0.350. The van der Waals surface area contributed by atoms with E-state index in [1.165, 1.54) is 11.6 Å². The van der Waals surface area contributed by atoms with Crippen molar-refractivity contribution in [2.45, 2.75) is 19.9 Å². The number of rotatable bonds is 5. The third kappa shape index (κ3) is 3.95. The maximum atomic E-state index is 11.3. The average Bonchev–Trinajstić information content (AvgIpc) is 3.24. The van der Waals surface area contributed by atoms with Crippen LogP contribution in [0.5, 0.6) is 0 Å². The lowest BCUT2D eigenvalue weighted by Crippen LogP contribution is -2.47. The summed E-state index contributed by atoms with van der Waals surface area (Å²) < 4.78 is 5.51. The van der Waals surface area contributed by atoms with Gasteiger partial charge in [0.25, 0.3) is 0 Å². The van der Waals surface area contributed by atoms with Crippen LogP contribution in [0.1, 0.15) is 24.4 Å². The van der Waals surface area contributed by atoms with Gasteiger partial charge in [-0.2, -0.15) is 4.98 Å². The molecule has 0 bridgehead atoms. The molecule has 0 N–H and O–H groups in total. The fourth-order valence-electron chi connectivity index (χ4n) is 3.48. The normalized spacial score (nSPS) is 16.0. The van der Waals surface area contributed by atoms with E-state index in [4.69, 9.17) is 4.52 Å². The van der Waals surface area contributed by atoms with Crippen molar-refractivity contribution in [1.82, 2.24) is 20.0 Å². The van der Waals surface area contributed by atoms with Crippen molar-refractivity contribution in [1.29, 1.82) is 0 Å². The Morgan fingerprint density at radius 2 is 1.86 bits per heavy atom. The minimum Gasteiger partial charge on any atom is -0.348 e. The Hall–Kier alpha value is -3.33. The van der Waals surface area contributed by atoms with Gasteiger partial charge in [-0.3, -0.25) is 15.0 Å². The number of piperazine rings is 1. The van der Waals surface area contributed by atoms with Crippen LogP contribution in [0, 0.1) is 17.0 Å². The molecule has 3 aromatic rings. The van der Waals surface area contributed by atoms with E-state index in [0.717, 1.165) is 18.7 Å². The number of benzene rings is 1. The molecule has 3 heterocycles. The summed E-state index contributed by atoms with van der Waals surface area (Å²) >= 11 is 0. The van der Waals surface area contributed by atoms with Crippen LogP contribution >= 0.6 is 0 Å². The molecule has 1 unspecified atom stereocenters. The molecule has 150 valence electrons. The van der Waals surface area contributed by atoms with E-state index >= 15 is 0 Å². The highest BCUT2D eigenvalue weighted by Crippen LogP contribution is 2.28. The van der Waals surface area contributed by atoms with Crippen molar-refractivity contribution in [3.8, 4) is 11.4 Å². The maximum Gasteiger partial charge on any atom is 0.311 e. The molecule has 1 saturated heterocycles. The van der Waals surface area contributed by atoms with Crippen LogP contribution in [0.4, 0.5) is 11.5 Å². The molecule has 0 aliphatic carbocycles. The van der Waals surface area contributed by atoms with E-state index in [1.807, 2.05) is 43.0 Å². The summed E-state index contributed by atoms with van der Waals surface area (Å²) in [6.45, 7) is 6.79. The number of aromatic nitrogens is 3. The molecule has 0 saturated carbocycles. The SMILES string of the molecule is Cc1ccc(-c2noc(C(C)N3CCN(c4ncccc4[N+](=O)[O-])CC3)n2)cc1. The fourth-order valence-corrected chi connectivity index (χ4v) is 3.48. The quantitative estimate of drug-likeness (QED) is 0.480. The van der Waals surface area contributed by atoms with Gasteiger partial charge in [-0.15, -0.1) is 0 Å². The van der Waals surface area contributed by atoms with Gasteiger partial charge in [-0.25, -0.2) is 4.98 Å². The van der Waals surface area contributed by atoms with Gasteiger partial charge < -0.3 is 9.42 Å². The number of pyridine rings is 1. The predicted molar refractivity (Wildman–Crippen MR) is 108 cm³/mol. The van der Waals surface area contributed by atoms with Gasteiger partial charge in [0.1, 0.15) is 0 Å². The Bertz CT molecular complexity index is 995. The Morgan fingerprint density at radius 3 is 2.55 bits per heavy atom. The first kappa shape index (κ1) is 19.0. The molecule has 2 aromatic heterocycles. The molecule has 0 spiro atoms. The molecule has 1 aliphatic rings. The van der Waals surface area contributed by atoms with Crippen LogP contribution in [0.15, 0.2) is 47.1 Å². The van der Waals surface area contributed by atoms with E-state index in [1.54, 1.807) is 12.3 Å². The molecule has 0 radical (unpaired) electrons. The highest BCUT2D eigenvalue weighted by atomic mass is 16.6. The Balaban J connectivity index is 1.43. The highest BCUT2D eigenvalue weighted by Gasteiger charge is 2.29. The molecular formula is C20H22N6O3. The molecule has 1 aromatic carbocycles. The van der Waals surface area contributed by atoms with Gasteiger partial charge in [0, 0.05) is 44.0 Å². The van der Waals surface area contributed by atoms with E-state index < -0.39 is 0 Å². The van der Waals surface area contributed by atoms with Crippen LogP contribution in [-0.2, 0) is 0 Å². The largest absolute Gasteiger partial charge is 0.348 e. The van der Waals surface area contributed by atoms with Crippen LogP contribution < -0.4 is 4.90 Å². The molecule has 9 heteroatoms. The molecule has 1 aliphatic heterocycles.